The van der Waals surface area contributed by atoms with E-state index in [1.54, 1.807) is 12.1 Å². The van der Waals surface area contributed by atoms with Gasteiger partial charge in [-0.05, 0) is 85.7 Å². The molecule has 228 valence electrons. The van der Waals surface area contributed by atoms with Crippen molar-refractivity contribution >= 4 is 29.4 Å². The first-order valence-electron chi connectivity index (χ1n) is 14.6. The quantitative estimate of drug-likeness (QED) is 0.182. The smallest absolute Gasteiger partial charge is 0.337 e. The van der Waals surface area contributed by atoms with Crippen LogP contribution in [0.1, 0.15) is 63.9 Å². The third-order valence-corrected chi connectivity index (χ3v) is 7.80. The molecule has 3 aromatic rings. The van der Waals surface area contributed by atoms with Crippen molar-refractivity contribution in [2.45, 2.75) is 51.0 Å². The second-order valence-electron chi connectivity index (χ2n) is 10.6. The Balaban J connectivity index is 1.29. The molecule has 1 N–H and O–H groups in total. The van der Waals surface area contributed by atoms with E-state index in [4.69, 9.17) is 30.5 Å². The van der Waals surface area contributed by atoms with Crippen molar-refractivity contribution in [3.63, 3.8) is 0 Å². The molecule has 0 bridgehead atoms. The summed E-state index contributed by atoms with van der Waals surface area (Å²) in [6, 6.07) is 20.3. The van der Waals surface area contributed by atoms with E-state index in [2.05, 4.69) is 5.32 Å². The Hall–Kier alpha value is -4.04. The van der Waals surface area contributed by atoms with Crippen molar-refractivity contribution in [2.75, 3.05) is 27.4 Å². The van der Waals surface area contributed by atoms with Gasteiger partial charge >= 0.3 is 11.9 Å². The fraction of sp³-hybridized carbons (Fsp3) is 0.382. The average Bonchev–Trinajstić information content (AvgIpc) is 3.04. The maximum Gasteiger partial charge on any atom is 0.337 e. The van der Waals surface area contributed by atoms with Gasteiger partial charge in [0, 0.05) is 17.5 Å². The highest BCUT2D eigenvalue weighted by molar-refractivity contribution is 6.30. The van der Waals surface area contributed by atoms with Crippen molar-refractivity contribution in [2.24, 2.45) is 5.92 Å². The summed E-state index contributed by atoms with van der Waals surface area (Å²) in [6.07, 6.45) is 5.13. The van der Waals surface area contributed by atoms with Gasteiger partial charge in [-0.3, -0.25) is 9.59 Å². The topological polar surface area (TPSA) is 100 Å². The highest BCUT2D eigenvalue weighted by Gasteiger charge is 2.29. The molecule has 0 saturated heterocycles. The van der Waals surface area contributed by atoms with E-state index >= 15 is 0 Å². The van der Waals surface area contributed by atoms with Crippen LogP contribution < -0.4 is 14.8 Å². The van der Waals surface area contributed by atoms with E-state index in [1.807, 2.05) is 48.5 Å². The van der Waals surface area contributed by atoms with Crippen molar-refractivity contribution in [1.82, 2.24) is 5.32 Å². The zero-order valence-corrected chi connectivity index (χ0v) is 25.4. The zero-order chi connectivity index (χ0) is 30.6. The van der Waals surface area contributed by atoms with E-state index < -0.39 is 5.97 Å². The summed E-state index contributed by atoms with van der Waals surface area (Å²) in [5.41, 5.74) is 2.82. The van der Waals surface area contributed by atoms with Crippen LogP contribution in [0.2, 0.25) is 5.02 Å². The Morgan fingerprint density at radius 2 is 1.56 bits per heavy atom. The Bertz CT molecular complexity index is 1370. The van der Waals surface area contributed by atoms with Crippen molar-refractivity contribution in [1.29, 1.82) is 0 Å². The Morgan fingerprint density at radius 1 is 0.837 bits per heavy atom. The molecule has 4 rings (SSSR count). The fourth-order valence-corrected chi connectivity index (χ4v) is 5.32. The van der Waals surface area contributed by atoms with Gasteiger partial charge in [0.25, 0.3) is 5.91 Å². The second kappa shape index (κ2) is 16.0. The highest BCUT2D eigenvalue weighted by Crippen LogP contribution is 2.27. The number of hydrogen-bond acceptors (Lipinski definition) is 7. The molecule has 1 fully saturated rings. The molecule has 1 aliphatic rings. The third-order valence-electron chi connectivity index (χ3n) is 7.55. The number of carbonyl (C=O) groups is 3. The zero-order valence-electron chi connectivity index (χ0n) is 24.6. The number of hydrogen-bond donors (Lipinski definition) is 1. The Kier molecular flexibility index (Phi) is 11.9. The highest BCUT2D eigenvalue weighted by atomic mass is 35.5. The number of esters is 2. The summed E-state index contributed by atoms with van der Waals surface area (Å²) in [7, 11) is 2.67. The van der Waals surface area contributed by atoms with Gasteiger partial charge in [-0.25, -0.2) is 4.79 Å². The van der Waals surface area contributed by atoms with Crippen molar-refractivity contribution < 1.29 is 33.3 Å². The van der Waals surface area contributed by atoms with Crippen LogP contribution in [0, 0.1) is 5.92 Å². The molecule has 43 heavy (non-hydrogen) atoms. The van der Waals surface area contributed by atoms with Crippen LogP contribution in [0.15, 0.2) is 66.7 Å². The van der Waals surface area contributed by atoms with Gasteiger partial charge in [-0.2, -0.15) is 0 Å². The minimum Gasteiger partial charge on any atom is -0.493 e. The molecule has 9 heteroatoms. The van der Waals surface area contributed by atoms with Crippen molar-refractivity contribution in [3.05, 3.63) is 94.0 Å². The predicted molar refractivity (Wildman–Crippen MR) is 164 cm³/mol. The van der Waals surface area contributed by atoms with Gasteiger partial charge in [0.15, 0.2) is 0 Å². The monoisotopic (exact) mass is 607 g/mol. The molecule has 1 amide bonds. The van der Waals surface area contributed by atoms with Crippen LogP contribution in [0.3, 0.4) is 0 Å². The third kappa shape index (κ3) is 9.48. The maximum absolute atomic E-state index is 13.3. The summed E-state index contributed by atoms with van der Waals surface area (Å²) in [6.45, 7) is 0.955. The number of ether oxygens (including phenoxy) is 4. The lowest BCUT2D eigenvalue weighted by Gasteiger charge is -2.28. The summed E-state index contributed by atoms with van der Waals surface area (Å²) < 4.78 is 21.6. The summed E-state index contributed by atoms with van der Waals surface area (Å²) >= 11 is 5.94. The molecular formula is C34H38ClNO7. The summed E-state index contributed by atoms with van der Waals surface area (Å²) in [5, 5.41) is 3.74. The van der Waals surface area contributed by atoms with E-state index in [9.17, 15) is 14.4 Å². The van der Waals surface area contributed by atoms with Crippen LogP contribution in [-0.2, 0) is 27.1 Å². The number of methoxy groups -OCH3 is 2. The van der Waals surface area contributed by atoms with Crippen LogP contribution in [0.4, 0.5) is 0 Å². The Labute approximate surface area is 257 Å². The minimum atomic E-state index is -0.540. The first-order valence-corrected chi connectivity index (χ1v) is 14.9. The van der Waals surface area contributed by atoms with Gasteiger partial charge in [-0.1, -0.05) is 42.3 Å². The molecule has 3 aromatic carbocycles. The van der Waals surface area contributed by atoms with Crippen LogP contribution in [-0.4, -0.2) is 51.3 Å². The SMILES string of the molecule is COC(=O)c1ccc(OCCCc2ccc(OCCc3ccc(Cl)cc3)cc2)c(C(=O)NC2CCCC(C(=O)OC)C2)c1. The normalized spacial score (nSPS) is 16.2. The maximum atomic E-state index is 13.3. The predicted octanol–water partition coefficient (Wildman–Crippen LogP) is 6.22. The lowest BCUT2D eigenvalue weighted by Crippen LogP contribution is -2.40. The van der Waals surface area contributed by atoms with Gasteiger partial charge in [0.05, 0.1) is 44.5 Å². The van der Waals surface area contributed by atoms with Crippen molar-refractivity contribution in [3.8, 4) is 11.5 Å². The van der Waals surface area contributed by atoms with Gasteiger partial charge < -0.3 is 24.3 Å². The van der Waals surface area contributed by atoms with E-state index in [1.165, 1.54) is 25.8 Å². The Morgan fingerprint density at radius 3 is 2.28 bits per heavy atom. The minimum absolute atomic E-state index is 0.177. The standard InChI is InChI=1S/C34H38ClNO7/c1-40-33(38)25-6-3-7-28(21-25)36-32(37)30-22-26(34(39)41-2)12-17-31(30)43-19-4-5-23-10-15-29(16-11-23)42-20-18-24-8-13-27(35)14-9-24/h8-17,22,25,28H,3-7,18-21H2,1-2H3,(H,36,37). The molecule has 0 aliphatic heterocycles. The number of aryl methyl sites for hydroxylation is 1. The molecule has 1 saturated carbocycles. The molecule has 0 radical (unpaired) electrons. The number of benzene rings is 3. The molecule has 8 nitrogen and oxygen atoms in total. The van der Waals surface area contributed by atoms with Gasteiger partial charge in [0.1, 0.15) is 11.5 Å². The lowest BCUT2D eigenvalue weighted by molar-refractivity contribution is -0.146. The van der Waals surface area contributed by atoms with Crippen LogP contribution >= 0.6 is 11.6 Å². The van der Waals surface area contributed by atoms with E-state index in [0.717, 1.165) is 54.9 Å². The molecule has 2 unspecified atom stereocenters. The number of rotatable bonds is 13. The number of nitrogens with one attached hydrogen (secondary N) is 1. The summed E-state index contributed by atoms with van der Waals surface area (Å²) in [4.78, 5) is 37.5. The van der Waals surface area contributed by atoms with Gasteiger partial charge in [0.2, 0.25) is 0 Å². The molecule has 0 aromatic heterocycles. The molecule has 0 spiro atoms. The van der Waals surface area contributed by atoms with E-state index in [-0.39, 0.29) is 35.0 Å². The summed E-state index contributed by atoms with van der Waals surface area (Å²) in [5.74, 6) is -0.200. The van der Waals surface area contributed by atoms with Crippen LogP contribution in [0.5, 0.6) is 11.5 Å². The molecule has 1 aliphatic carbocycles. The lowest BCUT2D eigenvalue weighted by atomic mass is 9.85. The molecule has 0 heterocycles. The average molecular weight is 608 g/mol. The van der Waals surface area contributed by atoms with E-state index in [0.29, 0.717) is 25.4 Å². The van der Waals surface area contributed by atoms with Gasteiger partial charge in [-0.15, -0.1) is 0 Å². The second-order valence-corrected chi connectivity index (χ2v) is 11.0. The fourth-order valence-electron chi connectivity index (χ4n) is 5.19. The first-order chi connectivity index (χ1) is 20.9. The number of amides is 1. The largest absolute Gasteiger partial charge is 0.493 e. The number of halogens is 1. The van der Waals surface area contributed by atoms with Crippen LogP contribution in [0.25, 0.3) is 0 Å². The number of carbonyl (C=O) groups excluding carboxylic acids is 3. The molecular weight excluding hydrogens is 570 g/mol. The first kappa shape index (κ1) is 31.9. The molecule has 2 atom stereocenters.